The van der Waals surface area contributed by atoms with E-state index in [1.807, 2.05) is 19.2 Å². The summed E-state index contributed by atoms with van der Waals surface area (Å²) in [5, 5.41) is 6.02. The number of ether oxygens (including phenoxy) is 1. The fourth-order valence-corrected chi connectivity index (χ4v) is 2.86. The number of fused-ring (bicyclic) bond motifs is 1. The molecular weight excluding hydrogens is 230 g/mol. The van der Waals surface area contributed by atoms with Crippen LogP contribution in [0.3, 0.4) is 0 Å². The number of hydrogen-bond donors (Lipinski definition) is 2. The number of hydrogen-bond acceptors (Lipinski definition) is 4. The molecule has 1 unspecified atom stereocenters. The molecule has 18 heavy (non-hydrogen) atoms. The number of aromatic nitrogens is 1. The van der Waals surface area contributed by atoms with Crippen molar-refractivity contribution < 1.29 is 9.53 Å². The smallest absolute Gasteiger partial charge is 0.267 e. The summed E-state index contributed by atoms with van der Waals surface area (Å²) in [5.74, 6) is 1.12. The first-order chi connectivity index (χ1) is 8.75. The van der Waals surface area contributed by atoms with E-state index in [0.717, 1.165) is 25.8 Å². The minimum Gasteiger partial charge on any atom is -0.476 e. The van der Waals surface area contributed by atoms with Gasteiger partial charge in [0.1, 0.15) is 0 Å². The number of carbonyl (C=O) groups excluding carboxylic acids is 1. The molecular formula is C13H17N3O2. The fourth-order valence-electron chi connectivity index (χ4n) is 2.86. The van der Waals surface area contributed by atoms with Crippen molar-refractivity contribution in [3.05, 3.63) is 18.3 Å². The van der Waals surface area contributed by atoms with Crippen LogP contribution in [0.25, 0.3) is 0 Å². The third-order valence-electron chi connectivity index (χ3n) is 3.93. The maximum absolute atomic E-state index is 12.2. The van der Waals surface area contributed by atoms with Crippen LogP contribution in [0.5, 0.6) is 5.75 Å². The predicted molar refractivity (Wildman–Crippen MR) is 67.5 cm³/mol. The summed E-state index contributed by atoms with van der Waals surface area (Å²) in [7, 11) is 1.91. The van der Waals surface area contributed by atoms with Crippen molar-refractivity contribution in [3.8, 4) is 5.75 Å². The average molecular weight is 247 g/mol. The zero-order valence-corrected chi connectivity index (χ0v) is 10.4. The molecule has 2 heterocycles. The van der Waals surface area contributed by atoms with Crippen molar-refractivity contribution in [2.75, 3.05) is 18.9 Å². The van der Waals surface area contributed by atoms with E-state index in [1.165, 1.54) is 0 Å². The van der Waals surface area contributed by atoms with Crippen LogP contribution >= 0.6 is 0 Å². The molecule has 1 saturated carbocycles. The molecule has 0 radical (unpaired) electrons. The van der Waals surface area contributed by atoms with Crippen LogP contribution in [-0.4, -0.2) is 30.6 Å². The van der Waals surface area contributed by atoms with Crippen molar-refractivity contribution >= 4 is 11.7 Å². The highest BCUT2D eigenvalue weighted by Crippen LogP contribution is 2.46. The Morgan fingerprint density at radius 2 is 2.44 bits per heavy atom. The molecule has 1 amide bonds. The fraction of sp³-hybridized carbons (Fsp3) is 0.538. The van der Waals surface area contributed by atoms with E-state index >= 15 is 0 Å². The van der Waals surface area contributed by atoms with Crippen LogP contribution in [0.2, 0.25) is 0 Å². The van der Waals surface area contributed by atoms with Gasteiger partial charge in [-0.2, -0.15) is 0 Å². The van der Waals surface area contributed by atoms with Gasteiger partial charge in [-0.05, 0) is 32.0 Å². The molecule has 0 saturated heterocycles. The van der Waals surface area contributed by atoms with Gasteiger partial charge in [0.15, 0.2) is 17.7 Å². The van der Waals surface area contributed by atoms with E-state index in [0.29, 0.717) is 11.6 Å². The van der Waals surface area contributed by atoms with E-state index in [-0.39, 0.29) is 11.3 Å². The van der Waals surface area contributed by atoms with Crippen LogP contribution in [0.1, 0.15) is 19.3 Å². The zero-order chi connectivity index (χ0) is 12.6. The lowest BCUT2D eigenvalue weighted by atomic mass is 9.64. The summed E-state index contributed by atoms with van der Waals surface area (Å²) in [6, 6.07) is 3.67. The second-order valence-corrected chi connectivity index (χ2v) is 5.08. The summed E-state index contributed by atoms with van der Waals surface area (Å²) < 4.78 is 5.89. The molecule has 1 aliphatic carbocycles. The van der Waals surface area contributed by atoms with Gasteiger partial charge in [0.25, 0.3) is 5.91 Å². The SMILES string of the molecule is CNCC1(C2Oc3cccnc3NC2=O)CCC1. The summed E-state index contributed by atoms with van der Waals surface area (Å²) >= 11 is 0. The van der Waals surface area contributed by atoms with E-state index in [2.05, 4.69) is 15.6 Å². The first-order valence-corrected chi connectivity index (χ1v) is 6.32. The molecule has 0 spiro atoms. The molecule has 1 aromatic heterocycles. The van der Waals surface area contributed by atoms with Crippen molar-refractivity contribution in [2.24, 2.45) is 5.41 Å². The molecule has 2 N–H and O–H groups in total. The molecule has 0 aromatic carbocycles. The molecule has 0 bridgehead atoms. The van der Waals surface area contributed by atoms with Gasteiger partial charge < -0.3 is 15.4 Å². The lowest BCUT2D eigenvalue weighted by Crippen LogP contribution is -2.56. The van der Waals surface area contributed by atoms with Gasteiger partial charge in [-0.15, -0.1) is 0 Å². The summed E-state index contributed by atoms with van der Waals surface area (Å²) in [6.45, 7) is 0.806. The number of anilines is 1. The summed E-state index contributed by atoms with van der Waals surface area (Å²) in [5.41, 5.74) is -0.0631. The minimum atomic E-state index is -0.407. The van der Waals surface area contributed by atoms with Gasteiger partial charge in [0, 0.05) is 18.2 Å². The number of amides is 1. The maximum Gasteiger partial charge on any atom is 0.267 e. The first kappa shape index (κ1) is 11.5. The topological polar surface area (TPSA) is 63.2 Å². The summed E-state index contributed by atoms with van der Waals surface area (Å²) in [4.78, 5) is 16.3. The molecule has 1 atom stereocenters. The highest BCUT2D eigenvalue weighted by molar-refractivity contribution is 5.97. The normalized spacial score (nSPS) is 24.5. The van der Waals surface area contributed by atoms with Crippen molar-refractivity contribution in [1.29, 1.82) is 0 Å². The average Bonchev–Trinajstić information content (AvgIpc) is 2.33. The Balaban J connectivity index is 1.88. The number of carbonyl (C=O) groups is 1. The largest absolute Gasteiger partial charge is 0.476 e. The predicted octanol–water partition coefficient (Wildman–Crippen LogP) is 1.17. The number of pyridine rings is 1. The Kier molecular flexibility index (Phi) is 2.70. The Bertz CT molecular complexity index is 471. The second-order valence-electron chi connectivity index (χ2n) is 5.08. The van der Waals surface area contributed by atoms with Gasteiger partial charge in [-0.1, -0.05) is 6.42 Å². The van der Waals surface area contributed by atoms with E-state index in [4.69, 9.17) is 4.74 Å². The number of nitrogens with zero attached hydrogens (tertiary/aromatic N) is 1. The van der Waals surface area contributed by atoms with Crippen LogP contribution in [0.4, 0.5) is 5.82 Å². The van der Waals surface area contributed by atoms with Crippen molar-refractivity contribution in [2.45, 2.75) is 25.4 Å². The van der Waals surface area contributed by atoms with Crippen molar-refractivity contribution in [3.63, 3.8) is 0 Å². The third-order valence-corrected chi connectivity index (χ3v) is 3.93. The Hall–Kier alpha value is -1.62. The Labute approximate surface area is 106 Å². The van der Waals surface area contributed by atoms with Gasteiger partial charge in [-0.25, -0.2) is 4.98 Å². The van der Waals surface area contributed by atoms with Gasteiger partial charge in [0.05, 0.1) is 0 Å². The Morgan fingerprint density at radius 3 is 3.11 bits per heavy atom. The lowest BCUT2D eigenvalue weighted by Gasteiger charge is -2.47. The second kappa shape index (κ2) is 4.24. The minimum absolute atomic E-state index is 0.0631. The highest BCUT2D eigenvalue weighted by Gasteiger charge is 2.50. The summed E-state index contributed by atoms with van der Waals surface area (Å²) in [6.07, 6.45) is 4.46. The quantitative estimate of drug-likeness (QED) is 0.841. The van der Waals surface area contributed by atoms with Crippen LogP contribution in [0.15, 0.2) is 18.3 Å². The number of rotatable bonds is 3. The standard InChI is InChI=1S/C13H17N3O2/c1-14-8-13(5-3-6-13)10-12(17)16-11-9(18-10)4-2-7-15-11/h2,4,7,10,14H,3,5-6,8H2,1H3,(H,15,16,17). The monoisotopic (exact) mass is 247 g/mol. The van der Waals surface area contributed by atoms with Gasteiger partial charge >= 0.3 is 0 Å². The van der Waals surface area contributed by atoms with Crippen LogP contribution in [-0.2, 0) is 4.79 Å². The van der Waals surface area contributed by atoms with E-state index < -0.39 is 6.10 Å². The van der Waals surface area contributed by atoms with Crippen LogP contribution < -0.4 is 15.4 Å². The van der Waals surface area contributed by atoms with Crippen molar-refractivity contribution in [1.82, 2.24) is 10.3 Å². The molecule has 1 aromatic rings. The zero-order valence-electron chi connectivity index (χ0n) is 10.4. The molecule has 96 valence electrons. The van der Waals surface area contributed by atoms with Crippen LogP contribution in [0, 0.1) is 5.41 Å². The van der Waals surface area contributed by atoms with E-state index in [1.54, 1.807) is 6.20 Å². The van der Waals surface area contributed by atoms with Gasteiger partial charge in [-0.3, -0.25) is 4.79 Å². The maximum atomic E-state index is 12.2. The molecule has 1 fully saturated rings. The molecule has 1 aliphatic heterocycles. The molecule has 2 aliphatic rings. The molecule has 3 rings (SSSR count). The van der Waals surface area contributed by atoms with E-state index in [9.17, 15) is 4.79 Å². The molecule has 5 heteroatoms. The molecule has 5 nitrogen and oxygen atoms in total. The third kappa shape index (κ3) is 1.66. The Morgan fingerprint density at radius 1 is 1.61 bits per heavy atom. The number of nitrogens with one attached hydrogen (secondary N) is 2. The highest BCUT2D eigenvalue weighted by atomic mass is 16.5. The van der Waals surface area contributed by atoms with Gasteiger partial charge in [0.2, 0.25) is 0 Å². The lowest BCUT2D eigenvalue weighted by molar-refractivity contribution is -0.134. The first-order valence-electron chi connectivity index (χ1n) is 6.32.